The molecule has 1 N–H and O–H groups in total. The Morgan fingerprint density at radius 2 is 2.28 bits per heavy atom. The Morgan fingerprint density at radius 1 is 1.44 bits per heavy atom. The number of hydrogen-bond acceptors (Lipinski definition) is 3. The Labute approximate surface area is 125 Å². The minimum absolute atomic E-state index is 0.0746. The summed E-state index contributed by atoms with van der Waals surface area (Å²) in [5, 5.41) is 6.31. The SMILES string of the molecule is CCCNC(c1ccc(Br)cn1)c1sccc1Cl. The summed E-state index contributed by atoms with van der Waals surface area (Å²) in [6.07, 6.45) is 2.90. The van der Waals surface area contributed by atoms with Gasteiger partial charge >= 0.3 is 0 Å². The first-order chi connectivity index (χ1) is 8.72. The largest absolute Gasteiger partial charge is 0.304 e. The third-order valence-corrected chi connectivity index (χ3v) is 4.44. The van der Waals surface area contributed by atoms with Crippen LogP contribution in [-0.4, -0.2) is 11.5 Å². The number of pyridine rings is 1. The lowest BCUT2D eigenvalue weighted by molar-refractivity contribution is 0.593. The Balaban J connectivity index is 2.30. The topological polar surface area (TPSA) is 24.9 Å². The van der Waals surface area contributed by atoms with Crippen molar-refractivity contribution in [1.29, 1.82) is 0 Å². The molecular formula is C13H14BrClN2S. The van der Waals surface area contributed by atoms with Gasteiger partial charge in [0.1, 0.15) is 0 Å². The fourth-order valence-electron chi connectivity index (χ4n) is 1.69. The number of hydrogen-bond donors (Lipinski definition) is 1. The molecule has 2 aromatic heterocycles. The van der Waals surface area contributed by atoms with Crippen LogP contribution in [0.15, 0.2) is 34.2 Å². The van der Waals surface area contributed by atoms with Gasteiger partial charge in [0.2, 0.25) is 0 Å². The Bertz CT molecular complexity index is 498. The zero-order valence-corrected chi connectivity index (χ0v) is 13.1. The van der Waals surface area contributed by atoms with E-state index in [2.05, 4.69) is 33.2 Å². The van der Waals surface area contributed by atoms with Gasteiger partial charge in [0.05, 0.1) is 16.8 Å². The van der Waals surface area contributed by atoms with Crippen LogP contribution in [0.2, 0.25) is 5.02 Å². The quantitative estimate of drug-likeness (QED) is 0.853. The van der Waals surface area contributed by atoms with Gasteiger partial charge in [-0.15, -0.1) is 11.3 Å². The molecule has 0 aliphatic carbocycles. The molecule has 0 saturated heterocycles. The van der Waals surface area contributed by atoms with Crippen molar-refractivity contribution < 1.29 is 0 Å². The molecule has 0 saturated carbocycles. The molecule has 0 amide bonds. The molecule has 2 heterocycles. The second kappa shape index (κ2) is 6.66. The van der Waals surface area contributed by atoms with E-state index in [9.17, 15) is 0 Å². The average Bonchev–Trinajstić information content (AvgIpc) is 2.78. The molecule has 0 aliphatic heterocycles. The molecule has 1 atom stereocenters. The molecular weight excluding hydrogens is 332 g/mol. The van der Waals surface area contributed by atoms with E-state index in [4.69, 9.17) is 11.6 Å². The number of nitrogens with one attached hydrogen (secondary N) is 1. The maximum atomic E-state index is 6.23. The fourth-order valence-corrected chi connectivity index (χ4v) is 3.18. The van der Waals surface area contributed by atoms with E-state index in [-0.39, 0.29) is 6.04 Å². The second-order valence-electron chi connectivity index (χ2n) is 3.92. The van der Waals surface area contributed by atoms with Crippen LogP contribution in [0.3, 0.4) is 0 Å². The van der Waals surface area contributed by atoms with Gasteiger partial charge < -0.3 is 5.32 Å². The number of nitrogens with zero attached hydrogens (tertiary/aromatic N) is 1. The van der Waals surface area contributed by atoms with Crippen LogP contribution < -0.4 is 5.32 Å². The number of aromatic nitrogens is 1. The monoisotopic (exact) mass is 344 g/mol. The molecule has 2 nitrogen and oxygen atoms in total. The van der Waals surface area contributed by atoms with Crippen LogP contribution in [-0.2, 0) is 0 Å². The first-order valence-corrected chi connectivity index (χ1v) is 7.85. The molecule has 96 valence electrons. The van der Waals surface area contributed by atoms with Crippen molar-refractivity contribution in [2.45, 2.75) is 19.4 Å². The van der Waals surface area contributed by atoms with Crippen LogP contribution in [0.25, 0.3) is 0 Å². The van der Waals surface area contributed by atoms with Gasteiger partial charge in [0, 0.05) is 15.5 Å². The van der Waals surface area contributed by atoms with Crippen LogP contribution in [0.1, 0.15) is 30.0 Å². The van der Waals surface area contributed by atoms with E-state index in [1.807, 2.05) is 29.8 Å². The molecule has 0 spiro atoms. The van der Waals surface area contributed by atoms with Crippen molar-refractivity contribution >= 4 is 38.9 Å². The van der Waals surface area contributed by atoms with Crippen molar-refractivity contribution in [2.24, 2.45) is 0 Å². The summed E-state index contributed by atoms with van der Waals surface area (Å²) in [6, 6.07) is 6.03. The lowest BCUT2D eigenvalue weighted by Crippen LogP contribution is -2.23. The van der Waals surface area contributed by atoms with Gasteiger partial charge in [0.15, 0.2) is 0 Å². The molecule has 0 bridgehead atoms. The molecule has 0 radical (unpaired) electrons. The standard InChI is InChI=1S/C13H14BrClN2S/c1-2-6-16-12(13-10(15)5-7-18-13)11-4-3-9(14)8-17-11/h3-5,7-8,12,16H,2,6H2,1H3. The maximum Gasteiger partial charge on any atom is 0.0860 e. The Hall–Kier alpha value is -0.420. The summed E-state index contributed by atoms with van der Waals surface area (Å²) >= 11 is 11.3. The summed E-state index contributed by atoms with van der Waals surface area (Å²) in [6.45, 7) is 3.09. The zero-order valence-electron chi connectivity index (χ0n) is 9.99. The van der Waals surface area contributed by atoms with E-state index in [0.717, 1.165) is 33.0 Å². The van der Waals surface area contributed by atoms with Crippen molar-refractivity contribution in [3.63, 3.8) is 0 Å². The molecule has 0 fully saturated rings. The predicted octanol–water partition coefficient (Wildman–Crippen LogP) is 4.65. The molecule has 18 heavy (non-hydrogen) atoms. The Morgan fingerprint density at radius 3 is 2.83 bits per heavy atom. The van der Waals surface area contributed by atoms with E-state index in [0.29, 0.717) is 0 Å². The maximum absolute atomic E-state index is 6.23. The van der Waals surface area contributed by atoms with Gasteiger partial charge in [0.25, 0.3) is 0 Å². The first kappa shape index (κ1) is 14.0. The Kier molecular flexibility index (Phi) is 5.18. The van der Waals surface area contributed by atoms with Crippen LogP contribution in [0, 0.1) is 0 Å². The third kappa shape index (κ3) is 3.32. The van der Waals surface area contributed by atoms with Gasteiger partial charge in [-0.3, -0.25) is 4.98 Å². The fraction of sp³-hybridized carbons (Fsp3) is 0.308. The minimum atomic E-state index is 0.0746. The van der Waals surface area contributed by atoms with Crippen molar-refractivity contribution in [3.8, 4) is 0 Å². The van der Waals surface area contributed by atoms with Gasteiger partial charge in [-0.25, -0.2) is 0 Å². The molecule has 0 aromatic carbocycles. The molecule has 2 rings (SSSR count). The highest BCUT2D eigenvalue weighted by Gasteiger charge is 2.18. The van der Waals surface area contributed by atoms with Gasteiger partial charge in [-0.05, 0) is 52.5 Å². The van der Waals surface area contributed by atoms with E-state index in [1.165, 1.54) is 0 Å². The van der Waals surface area contributed by atoms with Gasteiger partial charge in [-0.1, -0.05) is 18.5 Å². The zero-order chi connectivity index (χ0) is 13.0. The van der Waals surface area contributed by atoms with Gasteiger partial charge in [-0.2, -0.15) is 0 Å². The first-order valence-electron chi connectivity index (χ1n) is 5.80. The minimum Gasteiger partial charge on any atom is -0.304 e. The summed E-state index contributed by atoms with van der Waals surface area (Å²) < 4.78 is 0.984. The number of halogens is 2. The molecule has 1 unspecified atom stereocenters. The van der Waals surface area contributed by atoms with Crippen molar-refractivity contribution in [3.05, 3.63) is 49.8 Å². The predicted molar refractivity (Wildman–Crippen MR) is 81.4 cm³/mol. The second-order valence-corrected chi connectivity index (χ2v) is 6.19. The van der Waals surface area contributed by atoms with Crippen LogP contribution in [0.4, 0.5) is 0 Å². The van der Waals surface area contributed by atoms with Crippen molar-refractivity contribution in [2.75, 3.05) is 6.54 Å². The van der Waals surface area contributed by atoms with E-state index in [1.54, 1.807) is 11.3 Å². The smallest absolute Gasteiger partial charge is 0.0860 e. The molecule has 5 heteroatoms. The van der Waals surface area contributed by atoms with Crippen LogP contribution in [0.5, 0.6) is 0 Å². The third-order valence-electron chi connectivity index (χ3n) is 2.55. The summed E-state index contributed by atoms with van der Waals surface area (Å²) in [7, 11) is 0. The summed E-state index contributed by atoms with van der Waals surface area (Å²) in [5.41, 5.74) is 0.996. The lowest BCUT2D eigenvalue weighted by Gasteiger charge is -2.17. The normalized spacial score (nSPS) is 12.6. The molecule has 0 aliphatic rings. The highest BCUT2D eigenvalue weighted by molar-refractivity contribution is 9.10. The average molecular weight is 346 g/mol. The van der Waals surface area contributed by atoms with E-state index < -0.39 is 0 Å². The highest BCUT2D eigenvalue weighted by atomic mass is 79.9. The van der Waals surface area contributed by atoms with E-state index >= 15 is 0 Å². The molecule has 2 aromatic rings. The summed E-state index contributed by atoms with van der Waals surface area (Å²) in [4.78, 5) is 5.59. The summed E-state index contributed by atoms with van der Waals surface area (Å²) in [5.74, 6) is 0. The number of rotatable bonds is 5. The lowest BCUT2D eigenvalue weighted by atomic mass is 10.1. The van der Waals surface area contributed by atoms with Crippen molar-refractivity contribution in [1.82, 2.24) is 10.3 Å². The number of thiophene rings is 1. The highest BCUT2D eigenvalue weighted by Crippen LogP contribution is 2.32. The van der Waals surface area contributed by atoms with Crippen LogP contribution >= 0.6 is 38.9 Å².